The maximum absolute atomic E-state index is 5.44. The number of hydrogen-bond acceptors (Lipinski definition) is 5. The molecule has 0 saturated carbocycles. The Kier molecular flexibility index (Phi) is 6.23. The van der Waals surface area contributed by atoms with Gasteiger partial charge < -0.3 is 15.0 Å². The third-order valence-corrected chi connectivity index (χ3v) is 4.09. The normalized spacial score (nSPS) is 16.2. The van der Waals surface area contributed by atoms with Crippen LogP contribution in [0.5, 0.6) is 0 Å². The van der Waals surface area contributed by atoms with Gasteiger partial charge in [0.2, 0.25) is 0 Å². The zero-order valence-electron chi connectivity index (χ0n) is 13.6. The van der Waals surface area contributed by atoms with Crippen molar-refractivity contribution in [2.75, 3.05) is 37.0 Å². The second-order valence-electron chi connectivity index (χ2n) is 5.63. The third kappa shape index (κ3) is 4.56. The molecule has 118 valence electrons. The lowest BCUT2D eigenvalue weighted by Gasteiger charge is -2.33. The molecule has 0 aromatic carbocycles. The van der Waals surface area contributed by atoms with Gasteiger partial charge in [-0.3, -0.25) is 0 Å². The summed E-state index contributed by atoms with van der Waals surface area (Å²) in [5.74, 6) is 3.54. The summed E-state index contributed by atoms with van der Waals surface area (Å²) in [4.78, 5) is 11.5. The lowest BCUT2D eigenvalue weighted by Crippen LogP contribution is -2.34. The molecule has 2 heterocycles. The molecule has 0 amide bonds. The average Bonchev–Trinajstić information content (AvgIpc) is 2.53. The van der Waals surface area contributed by atoms with Crippen LogP contribution in [0.25, 0.3) is 0 Å². The number of nitrogens with zero attached hydrogens (tertiary/aromatic N) is 3. The van der Waals surface area contributed by atoms with E-state index in [-0.39, 0.29) is 0 Å². The van der Waals surface area contributed by atoms with Crippen molar-refractivity contribution in [2.45, 2.75) is 46.1 Å². The molecule has 1 N–H and O–H groups in total. The smallest absolute Gasteiger partial charge is 0.158 e. The summed E-state index contributed by atoms with van der Waals surface area (Å²) >= 11 is 0. The van der Waals surface area contributed by atoms with Crippen LogP contribution < -0.4 is 10.2 Å². The van der Waals surface area contributed by atoms with Gasteiger partial charge in [-0.25, -0.2) is 9.97 Å². The molecule has 1 aliphatic heterocycles. The minimum absolute atomic E-state index is 0.477. The van der Waals surface area contributed by atoms with Crippen molar-refractivity contribution in [1.82, 2.24) is 9.97 Å². The minimum Gasteiger partial charge on any atom is -0.374 e. The number of nitrogens with one attached hydrogen (secondary N) is 1. The first-order valence-corrected chi connectivity index (χ1v) is 8.15. The standard InChI is InChI=1S/C16H28N4O/c1-4-6-13-7-9-20(10-8-13)16-11-14(17-3)18-15(19-16)12-21-5-2/h11,13H,4-10,12H2,1-3H3,(H,17,18,19). The van der Waals surface area contributed by atoms with Crippen LogP contribution in [0.3, 0.4) is 0 Å². The van der Waals surface area contributed by atoms with Gasteiger partial charge in [-0.05, 0) is 25.7 Å². The topological polar surface area (TPSA) is 50.3 Å². The molecular formula is C16H28N4O. The van der Waals surface area contributed by atoms with Crippen LogP contribution in [0.4, 0.5) is 11.6 Å². The fourth-order valence-electron chi connectivity index (χ4n) is 2.89. The summed E-state index contributed by atoms with van der Waals surface area (Å²) < 4.78 is 5.44. The Morgan fingerprint density at radius 3 is 2.67 bits per heavy atom. The highest BCUT2D eigenvalue weighted by atomic mass is 16.5. The Hall–Kier alpha value is -1.36. The van der Waals surface area contributed by atoms with Crippen molar-refractivity contribution in [2.24, 2.45) is 5.92 Å². The molecule has 2 rings (SSSR count). The Bertz CT molecular complexity index is 430. The van der Waals surface area contributed by atoms with Crippen LogP contribution in [0.1, 0.15) is 45.4 Å². The first-order chi connectivity index (χ1) is 10.3. The molecule has 1 fully saturated rings. The monoisotopic (exact) mass is 292 g/mol. The van der Waals surface area contributed by atoms with E-state index < -0.39 is 0 Å². The van der Waals surface area contributed by atoms with Crippen molar-refractivity contribution in [3.05, 3.63) is 11.9 Å². The van der Waals surface area contributed by atoms with Gasteiger partial charge in [-0.2, -0.15) is 0 Å². The predicted molar refractivity (Wildman–Crippen MR) is 86.8 cm³/mol. The fourth-order valence-corrected chi connectivity index (χ4v) is 2.89. The molecule has 0 radical (unpaired) electrons. The first-order valence-electron chi connectivity index (χ1n) is 8.15. The van der Waals surface area contributed by atoms with Crippen molar-refractivity contribution >= 4 is 11.6 Å². The van der Waals surface area contributed by atoms with Crippen molar-refractivity contribution in [3.8, 4) is 0 Å². The molecule has 1 aromatic heterocycles. The van der Waals surface area contributed by atoms with E-state index in [9.17, 15) is 0 Å². The summed E-state index contributed by atoms with van der Waals surface area (Å²) in [6.45, 7) is 7.62. The Morgan fingerprint density at radius 1 is 1.29 bits per heavy atom. The van der Waals surface area contributed by atoms with Gasteiger partial charge in [0.1, 0.15) is 18.2 Å². The van der Waals surface area contributed by atoms with E-state index in [2.05, 4.69) is 27.1 Å². The van der Waals surface area contributed by atoms with E-state index in [1.54, 1.807) is 0 Å². The van der Waals surface area contributed by atoms with Crippen molar-refractivity contribution < 1.29 is 4.74 Å². The maximum atomic E-state index is 5.44. The molecule has 0 unspecified atom stereocenters. The first kappa shape index (κ1) is 16.0. The van der Waals surface area contributed by atoms with Crippen LogP contribution in [0.15, 0.2) is 6.07 Å². The fraction of sp³-hybridized carbons (Fsp3) is 0.750. The van der Waals surface area contributed by atoms with E-state index >= 15 is 0 Å². The van der Waals surface area contributed by atoms with Crippen molar-refractivity contribution in [3.63, 3.8) is 0 Å². The summed E-state index contributed by atoms with van der Waals surface area (Å²) in [6, 6.07) is 2.04. The average molecular weight is 292 g/mol. The summed E-state index contributed by atoms with van der Waals surface area (Å²) in [5, 5.41) is 3.12. The maximum Gasteiger partial charge on any atom is 0.158 e. The van der Waals surface area contributed by atoms with E-state index in [0.29, 0.717) is 13.2 Å². The minimum atomic E-state index is 0.477. The van der Waals surface area contributed by atoms with E-state index in [4.69, 9.17) is 4.74 Å². The van der Waals surface area contributed by atoms with Crippen LogP contribution >= 0.6 is 0 Å². The molecule has 0 spiro atoms. The molecule has 5 heteroatoms. The van der Waals surface area contributed by atoms with E-state index in [0.717, 1.165) is 36.5 Å². The molecule has 0 atom stereocenters. The van der Waals surface area contributed by atoms with Gasteiger partial charge in [0.15, 0.2) is 5.82 Å². The highest BCUT2D eigenvalue weighted by molar-refractivity contribution is 5.49. The van der Waals surface area contributed by atoms with Gasteiger partial charge in [0.05, 0.1) is 0 Å². The Morgan fingerprint density at radius 2 is 2.05 bits per heavy atom. The largest absolute Gasteiger partial charge is 0.374 e. The number of ether oxygens (including phenoxy) is 1. The highest BCUT2D eigenvalue weighted by Crippen LogP contribution is 2.26. The van der Waals surface area contributed by atoms with Crippen LogP contribution in [-0.2, 0) is 11.3 Å². The number of anilines is 2. The van der Waals surface area contributed by atoms with E-state index in [1.165, 1.54) is 25.7 Å². The molecule has 0 bridgehead atoms. The number of aromatic nitrogens is 2. The molecule has 1 saturated heterocycles. The molecular weight excluding hydrogens is 264 g/mol. The highest BCUT2D eigenvalue weighted by Gasteiger charge is 2.20. The molecule has 0 aliphatic carbocycles. The van der Waals surface area contributed by atoms with Gasteiger partial charge >= 0.3 is 0 Å². The number of hydrogen-bond donors (Lipinski definition) is 1. The molecule has 1 aromatic rings. The SMILES string of the molecule is CCCC1CCN(c2cc(NC)nc(COCC)n2)CC1. The predicted octanol–water partition coefficient (Wildman–Crippen LogP) is 3.07. The summed E-state index contributed by atoms with van der Waals surface area (Å²) in [7, 11) is 1.89. The van der Waals surface area contributed by atoms with E-state index in [1.807, 2.05) is 20.0 Å². The summed E-state index contributed by atoms with van der Waals surface area (Å²) in [5.41, 5.74) is 0. The lowest BCUT2D eigenvalue weighted by molar-refractivity contribution is 0.128. The zero-order valence-corrected chi connectivity index (χ0v) is 13.6. The van der Waals surface area contributed by atoms with Gasteiger partial charge in [0, 0.05) is 32.8 Å². The quantitative estimate of drug-likeness (QED) is 0.837. The van der Waals surface area contributed by atoms with Gasteiger partial charge in [0.25, 0.3) is 0 Å². The Balaban J connectivity index is 2.04. The number of rotatable bonds is 7. The van der Waals surface area contributed by atoms with Crippen LogP contribution in [-0.4, -0.2) is 36.7 Å². The second-order valence-corrected chi connectivity index (χ2v) is 5.63. The van der Waals surface area contributed by atoms with Crippen LogP contribution in [0, 0.1) is 5.92 Å². The second kappa shape index (κ2) is 8.17. The third-order valence-electron chi connectivity index (χ3n) is 4.09. The molecule has 5 nitrogen and oxygen atoms in total. The molecule has 1 aliphatic rings. The molecule has 21 heavy (non-hydrogen) atoms. The number of piperidine rings is 1. The summed E-state index contributed by atoms with van der Waals surface area (Å²) in [6.07, 6.45) is 5.19. The zero-order chi connectivity index (χ0) is 15.1. The lowest BCUT2D eigenvalue weighted by atomic mass is 9.92. The van der Waals surface area contributed by atoms with Crippen molar-refractivity contribution in [1.29, 1.82) is 0 Å². The Labute approximate surface area is 128 Å². The van der Waals surface area contributed by atoms with Gasteiger partial charge in [-0.1, -0.05) is 19.8 Å². The van der Waals surface area contributed by atoms with Gasteiger partial charge in [-0.15, -0.1) is 0 Å². The van der Waals surface area contributed by atoms with Crippen LogP contribution in [0.2, 0.25) is 0 Å².